The zero-order chi connectivity index (χ0) is 14.5. The van der Waals surface area contributed by atoms with E-state index in [0.717, 1.165) is 34.0 Å². The largest absolute Gasteiger partial charge is 0.492 e. The Balaban J connectivity index is 2.02. The van der Waals surface area contributed by atoms with E-state index in [9.17, 15) is 5.11 Å². The molecule has 0 saturated carbocycles. The molecule has 106 valence electrons. The highest BCUT2D eigenvalue weighted by Crippen LogP contribution is 2.40. The first-order chi connectivity index (χ1) is 9.38. The number of ether oxygens (including phenoxy) is 1. The maximum atomic E-state index is 10.6. The molecule has 1 aliphatic rings. The summed E-state index contributed by atoms with van der Waals surface area (Å²) in [6.45, 7) is 8.77. The molecule has 1 aromatic heterocycles. The van der Waals surface area contributed by atoms with Gasteiger partial charge in [-0.1, -0.05) is 19.9 Å². The van der Waals surface area contributed by atoms with Crippen molar-refractivity contribution >= 4 is 0 Å². The van der Waals surface area contributed by atoms with E-state index in [2.05, 4.69) is 19.9 Å². The van der Waals surface area contributed by atoms with Gasteiger partial charge in [0.25, 0.3) is 0 Å². The molecule has 1 atom stereocenters. The van der Waals surface area contributed by atoms with Crippen molar-refractivity contribution in [3.63, 3.8) is 0 Å². The second kappa shape index (κ2) is 4.38. The Morgan fingerprint density at radius 2 is 1.95 bits per heavy atom. The van der Waals surface area contributed by atoms with Crippen molar-refractivity contribution in [2.45, 2.75) is 39.2 Å². The molecule has 2 heterocycles. The van der Waals surface area contributed by atoms with Crippen molar-refractivity contribution in [1.82, 2.24) is 0 Å². The third kappa shape index (κ3) is 2.02. The normalized spacial score (nSPS) is 17.6. The SMILES string of the molecule is Cc1cc(C(O)c2ccc3c(c2)C(C)(C)CO3)c(C)o1. The van der Waals surface area contributed by atoms with Crippen LogP contribution in [0.15, 0.2) is 28.7 Å². The fraction of sp³-hybridized carbons (Fsp3) is 0.412. The number of rotatable bonds is 2. The van der Waals surface area contributed by atoms with Crippen LogP contribution in [0.5, 0.6) is 5.75 Å². The number of benzene rings is 1. The molecule has 1 unspecified atom stereocenters. The van der Waals surface area contributed by atoms with Gasteiger partial charge in [0.2, 0.25) is 0 Å². The Morgan fingerprint density at radius 3 is 2.60 bits per heavy atom. The summed E-state index contributed by atoms with van der Waals surface area (Å²) in [4.78, 5) is 0. The zero-order valence-electron chi connectivity index (χ0n) is 12.4. The molecular formula is C17H20O3. The van der Waals surface area contributed by atoms with Gasteiger partial charge in [0.05, 0.1) is 6.61 Å². The van der Waals surface area contributed by atoms with Crippen LogP contribution in [-0.2, 0) is 5.41 Å². The lowest BCUT2D eigenvalue weighted by atomic mass is 9.85. The van der Waals surface area contributed by atoms with E-state index >= 15 is 0 Å². The monoisotopic (exact) mass is 272 g/mol. The van der Waals surface area contributed by atoms with Crippen molar-refractivity contribution < 1.29 is 14.3 Å². The lowest BCUT2D eigenvalue weighted by Crippen LogP contribution is -2.18. The third-order valence-corrected chi connectivity index (χ3v) is 4.01. The van der Waals surface area contributed by atoms with Gasteiger partial charge in [-0.2, -0.15) is 0 Å². The van der Waals surface area contributed by atoms with Crippen LogP contribution < -0.4 is 4.74 Å². The van der Waals surface area contributed by atoms with E-state index in [1.807, 2.05) is 32.0 Å². The second-order valence-electron chi connectivity index (χ2n) is 6.20. The van der Waals surface area contributed by atoms with Crippen molar-refractivity contribution in [3.05, 3.63) is 52.5 Å². The van der Waals surface area contributed by atoms with Crippen LogP contribution in [0.1, 0.15) is 48.2 Å². The minimum atomic E-state index is -0.658. The molecule has 1 aromatic carbocycles. The molecule has 1 aliphatic heterocycles. The Morgan fingerprint density at radius 1 is 1.20 bits per heavy atom. The topological polar surface area (TPSA) is 42.6 Å². The van der Waals surface area contributed by atoms with E-state index in [4.69, 9.17) is 9.15 Å². The van der Waals surface area contributed by atoms with Gasteiger partial charge in [0.1, 0.15) is 23.4 Å². The minimum Gasteiger partial charge on any atom is -0.492 e. The highest BCUT2D eigenvalue weighted by molar-refractivity contribution is 5.47. The molecule has 0 bridgehead atoms. The maximum absolute atomic E-state index is 10.6. The predicted octanol–water partition coefficient (Wildman–Crippen LogP) is 3.65. The van der Waals surface area contributed by atoms with E-state index in [1.165, 1.54) is 0 Å². The van der Waals surface area contributed by atoms with E-state index in [-0.39, 0.29) is 5.41 Å². The average Bonchev–Trinajstić information content (AvgIpc) is 2.88. The molecular weight excluding hydrogens is 252 g/mol. The fourth-order valence-electron chi connectivity index (χ4n) is 2.81. The van der Waals surface area contributed by atoms with Crippen LogP contribution >= 0.6 is 0 Å². The van der Waals surface area contributed by atoms with Gasteiger partial charge in [0, 0.05) is 16.5 Å². The van der Waals surface area contributed by atoms with Crippen LogP contribution in [-0.4, -0.2) is 11.7 Å². The smallest absolute Gasteiger partial charge is 0.123 e. The molecule has 0 fully saturated rings. The van der Waals surface area contributed by atoms with Crippen molar-refractivity contribution in [2.75, 3.05) is 6.61 Å². The number of fused-ring (bicyclic) bond motifs is 1. The highest BCUT2D eigenvalue weighted by atomic mass is 16.5. The third-order valence-electron chi connectivity index (χ3n) is 4.01. The quantitative estimate of drug-likeness (QED) is 0.907. The fourth-order valence-corrected chi connectivity index (χ4v) is 2.81. The van der Waals surface area contributed by atoms with Crippen LogP contribution in [0.2, 0.25) is 0 Å². The summed E-state index contributed by atoms with van der Waals surface area (Å²) in [5, 5.41) is 10.6. The van der Waals surface area contributed by atoms with Gasteiger partial charge in [-0.05, 0) is 37.6 Å². The number of aliphatic hydroxyl groups excluding tert-OH is 1. The van der Waals surface area contributed by atoms with Gasteiger partial charge >= 0.3 is 0 Å². The van der Waals surface area contributed by atoms with Gasteiger partial charge in [0.15, 0.2) is 0 Å². The minimum absolute atomic E-state index is 0.00752. The Bertz CT molecular complexity index is 652. The van der Waals surface area contributed by atoms with E-state index < -0.39 is 6.10 Å². The molecule has 2 aromatic rings. The van der Waals surface area contributed by atoms with Gasteiger partial charge in [-0.25, -0.2) is 0 Å². The van der Waals surface area contributed by atoms with Gasteiger partial charge in [-0.3, -0.25) is 0 Å². The summed E-state index contributed by atoms with van der Waals surface area (Å²) in [7, 11) is 0. The summed E-state index contributed by atoms with van der Waals surface area (Å²) in [5.74, 6) is 2.51. The van der Waals surface area contributed by atoms with Crippen molar-refractivity contribution in [2.24, 2.45) is 0 Å². The highest BCUT2D eigenvalue weighted by Gasteiger charge is 2.32. The van der Waals surface area contributed by atoms with Crippen LogP contribution in [0.3, 0.4) is 0 Å². The molecule has 3 nitrogen and oxygen atoms in total. The molecule has 0 spiro atoms. The standard InChI is InChI=1S/C17H20O3/c1-10-7-13(11(2)20-10)16(18)12-5-6-15-14(8-12)17(3,4)9-19-15/h5-8,16,18H,9H2,1-4H3. The molecule has 20 heavy (non-hydrogen) atoms. The van der Waals surface area contributed by atoms with Gasteiger partial charge in [-0.15, -0.1) is 0 Å². The first kappa shape index (κ1) is 13.3. The van der Waals surface area contributed by atoms with E-state index in [1.54, 1.807) is 0 Å². The second-order valence-corrected chi connectivity index (χ2v) is 6.20. The van der Waals surface area contributed by atoms with Crippen LogP contribution in [0.4, 0.5) is 0 Å². The van der Waals surface area contributed by atoms with Crippen molar-refractivity contribution in [3.8, 4) is 5.75 Å². The molecule has 0 aliphatic carbocycles. The molecule has 1 N–H and O–H groups in total. The predicted molar refractivity (Wildman–Crippen MR) is 77.2 cm³/mol. The number of hydrogen-bond acceptors (Lipinski definition) is 3. The molecule has 3 heteroatoms. The molecule has 0 radical (unpaired) electrons. The zero-order valence-corrected chi connectivity index (χ0v) is 12.4. The average molecular weight is 272 g/mol. The molecule has 3 rings (SSSR count). The summed E-state index contributed by atoms with van der Waals surface area (Å²) < 4.78 is 11.2. The van der Waals surface area contributed by atoms with Crippen molar-refractivity contribution in [1.29, 1.82) is 0 Å². The van der Waals surface area contributed by atoms with Crippen LogP contribution in [0, 0.1) is 13.8 Å². The first-order valence-corrected chi connectivity index (χ1v) is 6.91. The lowest BCUT2D eigenvalue weighted by Gasteiger charge is -2.17. The maximum Gasteiger partial charge on any atom is 0.123 e. The number of hydrogen-bond donors (Lipinski definition) is 1. The summed E-state index contributed by atoms with van der Waals surface area (Å²) >= 11 is 0. The summed E-state index contributed by atoms with van der Waals surface area (Å²) in [5.41, 5.74) is 2.86. The number of aliphatic hydroxyl groups is 1. The Labute approximate surface area is 119 Å². The molecule has 0 saturated heterocycles. The lowest BCUT2D eigenvalue weighted by molar-refractivity contribution is 0.218. The summed E-state index contributed by atoms with van der Waals surface area (Å²) in [6.07, 6.45) is -0.658. The first-order valence-electron chi connectivity index (χ1n) is 6.91. The molecule has 0 amide bonds. The van der Waals surface area contributed by atoms with E-state index in [0.29, 0.717) is 6.61 Å². The summed E-state index contributed by atoms with van der Waals surface area (Å²) in [6, 6.07) is 7.82. The van der Waals surface area contributed by atoms with Crippen LogP contribution in [0.25, 0.3) is 0 Å². The number of furan rings is 1. The Kier molecular flexibility index (Phi) is 2.91. The number of aryl methyl sites for hydroxylation is 2. The van der Waals surface area contributed by atoms with Gasteiger partial charge < -0.3 is 14.3 Å². The Hall–Kier alpha value is -1.74.